The first-order valence-electron chi connectivity index (χ1n) is 9.30. The molecule has 0 saturated heterocycles. The van der Waals surface area contributed by atoms with Gasteiger partial charge < -0.3 is 4.90 Å². The van der Waals surface area contributed by atoms with Crippen LogP contribution < -0.4 is 0 Å². The number of aromatic nitrogens is 1. The Morgan fingerprint density at radius 3 is 2.54 bits per heavy atom. The summed E-state index contributed by atoms with van der Waals surface area (Å²) in [4.78, 5) is 30.1. The molecule has 1 fully saturated rings. The minimum atomic E-state index is 0.0300. The van der Waals surface area contributed by atoms with Crippen LogP contribution in [0.25, 0.3) is 0 Å². The van der Waals surface area contributed by atoms with Crippen molar-refractivity contribution in [2.45, 2.75) is 52.0 Å². The van der Waals surface area contributed by atoms with Gasteiger partial charge in [-0.15, -0.1) is 0 Å². The Kier molecular flexibility index (Phi) is 9.74. The molecule has 0 bridgehead atoms. The average Bonchev–Trinajstić information content (AvgIpc) is 2.65. The van der Waals surface area contributed by atoms with E-state index in [1.54, 1.807) is 22.4 Å². The lowest BCUT2D eigenvalue weighted by molar-refractivity contribution is -0.109. The first-order chi connectivity index (χ1) is 12.6. The van der Waals surface area contributed by atoms with Crippen molar-refractivity contribution < 1.29 is 9.59 Å². The zero-order valence-corrected chi connectivity index (χ0v) is 18.4. The number of halogens is 1. The molecule has 26 heavy (non-hydrogen) atoms. The van der Waals surface area contributed by atoms with Crippen LogP contribution in [0.5, 0.6) is 0 Å². The molecule has 0 spiro atoms. The Labute approximate surface area is 174 Å². The van der Waals surface area contributed by atoms with E-state index in [1.165, 1.54) is 43.9 Å². The summed E-state index contributed by atoms with van der Waals surface area (Å²) in [6, 6.07) is 3.88. The maximum atomic E-state index is 12.9. The number of pyridine rings is 1. The smallest absolute Gasteiger partial charge is 0.323 e. The molecule has 1 aromatic heterocycles. The van der Waals surface area contributed by atoms with Crippen LogP contribution in [0.4, 0.5) is 4.79 Å². The maximum absolute atomic E-state index is 12.9. The first-order valence-corrected chi connectivity index (χ1v) is 11.3. The van der Waals surface area contributed by atoms with Crippen LogP contribution in [0.15, 0.2) is 24.5 Å². The summed E-state index contributed by atoms with van der Waals surface area (Å²) in [6.07, 6.45) is 11.1. The van der Waals surface area contributed by atoms with Gasteiger partial charge in [-0.3, -0.25) is 12.9 Å². The summed E-state index contributed by atoms with van der Waals surface area (Å²) in [6.45, 7) is 3.53. The van der Waals surface area contributed by atoms with Crippen molar-refractivity contribution in [2.75, 3.05) is 18.8 Å². The monoisotopic (exact) mass is 489 g/mol. The second-order valence-corrected chi connectivity index (χ2v) is 9.21. The van der Waals surface area contributed by atoms with E-state index >= 15 is 0 Å². The van der Waals surface area contributed by atoms with Crippen molar-refractivity contribution in [1.82, 2.24) is 13.0 Å². The van der Waals surface area contributed by atoms with E-state index in [1.807, 2.05) is 17.0 Å². The molecule has 0 N–H and O–H groups in total. The van der Waals surface area contributed by atoms with Crippen LogP contribution in [-0.2, 0) is 11.3 Å². The SMILES string of the molecule is CC(=O)SCCN(CCC1CCCCC1)C(=O)N(I)Cc1ccncc1. The lowest BCUT2D eigenvalue weighted by Crippen LogP contribution is -2.40. The fraction of sp³-hybridized carbons (Fsp3) is 0.632. The molecule has 5 nitrogen and oxygen atoms in total. The molecule has 0 aromatic carbocycles. The van der Waals surface area contributed by atoms with Crippen molar-refractivity contribution in [3.63, 3.8) is 0 Å². The fourth-order valence-electron chi connectivity index (χ4n) is 3.29. The second kappa shape index (κ2) is 11.8. The van der Waals surface area contributed by atoms with E-state index in [-0.39, 0.29) is 11.1 Å². The quantitative estimate of drug-likeness (QED) is 0.385. The van der Waals surface area contributed by atoms with Gasteiger partial charge in [0.25, 0.3) is 0 Å². The number of rotatable bonds is 8. The largest absolute Gasteiger partial charge is 0.329 e. The van der Waals surface area contributed by atoms with Gasteiger partial charge in [-0.05, 0) is 30.0 Å². The van der Waals surface area contributed by atoms with E-state index in [4.69, 9.17) is 0 Å². The van der Waals surface area contributed by atoms with E-state index < -0.39 is 0 Å². The van der Waals surface area contributed by atoms with Crippen LogP contribution >= 0.6 is 34.6 Å². The number of carbonyl (C=O) groups excluding carboxylic acids is 2. The molecule has 1 aliphatic carbocycles. The molecule has 1 saturated carbocycles. The van der Waals surface area contributed by atoms with Gasteiger partial charge in [0.05, 0.1) is 29.4 Å². The van der Waals surface area contributed by atoms with E-state index in [0.717, 1.165) is 24.4 Å². The zero-order chi connectivity index (χ0) is 18.8. The van der Waals surface area contributed by atoms with Crippen LogP contribution in [0, 0.1) is 5.92 Å². The molecule has 1 aliphatic rings. The molecule has 2 rings (SSSR count). The summed E-state index contributed by atoms with van der Waals surface area (Å²) in [5, 5.41) is 0.104. The number of carbonyl (C=O) groups is 2. The van der Waals surface area contributed by atoms with Crippen molar-refractivity contribution >= 4 is 45.8 Å². The summed E-state index contributed by atoms with van der Waals surface area (Å²) in [5.74, 6) is 1.40. The maximum Gasteiger partial charge on any atom is 0.329 e. The van der Waals surface area contributed by atoms with Gasteiger partial charge in [0.1, 0.15) is 0 Å². The molecule has 0 aliphatic heterocycles. The average molecular weight is 489 g/mol. The number of hydrogen-bond acceptors (Lipinski definition) is 4. The Hall–Kier alpha value is -0.830. The number of amides is 2. The predicted octanol–water partition coefficient (Wildman–Crippen LogP) is 4.91. The fourth-order valence-corrected chi connectivity index (χ4v) is 4.58. The van der Waals surface area contributed by atoms with Gasteiger partial charge in [-0.1, -0.05) is 43.9 Å². The molecular weight excluding hydrogens is 461 g/mol. The van der Waals surface area contributed by atoms with Crippen LogP contribution in [0.1, 0.15) is 51.0 Å². The summed E-state index contributed by atoms with van der Waals surface area (Å²) < 4.78 is 1.73. The van der Waals surface area contributed by atoms with Crippen LogP contribution in [0.2, 0.25) is 0 Å². The number of thioether (sulfide) groups is 1. The molecule has 2 amide bonds. The van der Waals surface area contributed by atoms with Crippen molar-refractivity contribution in [3.05, 3.63) is 30.1 Å². The standard InChI is InChI=1S/C19H28IN3O2S/c1-16(24)26-14-13-22(12-9-17-5-3-2-4-6-17)19(25)23(20)15-18-7-10-21-11-8-18/h7-8,10-11,17H,2-6,9,12-15H2,1H3. The number of urea groups is 1. The highest BCUT2D eigenvalue weighted by Crippen LogP contribution is 2.26. The van der Waals surface area contributed by atoms with Crippen LogP contribution in [-0.4, -0.2) is 43.0 Å². The van der Waals surface area contributed by atoms with Gasteiger partial charge >= 0.3 is 6.03 Å². The summed E-state index contributed by atoms with van der Waals surface area (Å²) >= 11 is 3.39. The van der Waals surface area contributed by atoms with Gasteiger partial charge in [0, 0.05) is 38.2 Å². The van der Waals surface area contributed by atoms with E-state index in [0.29, 0.717) is 18.8 Å². The molecule has 0 radical (unpaired) electrons. The Bertz CT molecular complexity index is 567. The highest BCUT2D eigenvalue weighted by Gasteiger charge is 2.22. The van der Waals surface area contributed by atoms with Crippen molar-refractivity contribution in [2.24, 2.45) is 5.92 Å². The minimum absolute atomic E-state index is 0.0300. The predicted molar refractivity (Wildman–Crippen MR) is 115 cm³/mol. The molecular formula is C19H28IN3O2S. The normalized spacial score (nSPS) is 14.8. The third-order valence-electron chi connectivity index (χ3n) is 4.75. The van der Waals surface area contributed by atoms with Crippen molar-refractivity contribution in [1.29, 1.82) is 0 Å². The molecule has 1 aromatic rings. The molecule has 1 heterocycles. The van der Waals surface area contributed by atoms with Crippen LogP contribution in [0.3, 0.4) is 0 Å². The Morgan fingerprint density at radius 2 is 1.88 bits per heavy atom. The minimum Gasteiger partial charge on any atom is -0.323 e. The molecule has 0 atom stereocenters. The molecule has 0 unspecified atom stereocenters. The summed E-state index contributed by atoms with van der Waals surface area (Å²) in [5.41, 5.74) is 1.06. The number of nitrogens with zero attached hydrogens (tertiary/aromatic N) is 3. The molecule has 7 heteroatoms. The Balaban J connectivity index is 1.90. The third kappa shape index (κ3) is 7.82. The Morgan fingerprint density at radius 1 is 1.19 bits per heavy atom. The van der Waals surface area contributed by atoms with Gasteiger partial charge in [-0.2, -0.15) is 0 Å². The van der Waals surface area contributed by atoms with Gasteiger partial charge in [0.2, 0.25) is 0 Å². The number of hydrogen-bond donors (Lipinski definition) is 0. The van der Waals surface area contributed by atoms with Gasteiger partial charge in [0.15, 0.2) is 5.12 Å². The molecule has 144 valence electrons. The first kappa shape index (κ1) is 21.5. The highest BCUT2D eigenvalue weighted by molar-refractivity contribution is 14.1. The highest BCUT2D eigenvalue weighted by atomic mass is 127. The lowest BCUT2D eigenvalue weighted by Gasteiger charge is -2.29. The van der Waals surface area contributed by atoms with E-state index in [2.05, 4.69) is 27.8 Å². The van der Waals surface area contributed by atoms with Gasteiger partial charge in [-0.25, -0.2) is 4.79 Å². The van der Waals surface area contributed by atoms with Crippen molar-refractivity contribution in [3.8, 4) is 0 Å². The van der Waals surface area contributed by atoms with E-state index in [9.17, 15) is 9.59 Å². The lowest BCUT2D eigenvalue weighted by atomic mass is 9.87. The third-order valence-corrected chi connectivity index (χ3v) is 6.29. The second-order valence-electron chi connectivity index (χ2n) is 6.78. The summed E-state index contributed by atoms with van der Waals surface area (Å²) in [7, 11) is 0. The zero-order valence-electron chi connectivity index (χ0n) is 15.4. The topological polar surface area (TPSA) is 53.5 Å².